The first-order valence-corrected chi connectivity index (χ1v) is 18.3. The monoisotopic (exact) mass is 779 g/mol. The second-order valence-electron chi connectivity index (χ2n) is 13.3. The number of carbonyl (C=O) groups is 2. The zero-order valence-corrected chi connectivity index (χ0v) is 29.3. The second kappa shape index (κ2) is 12.9. The summed E-state index contributed by atoms with van der Waals surface area (Å²) >= 11 is 6.52. The number of hydrogen-bond donors (Lipinski definition) is 2. The third kappa shape index (κ3) is 6.62. The minimum atomic E-state index is -3.84. The van der Waals surface area contributed by atoms with Crippen molar-refractivity contribution in [3.05, 3.63) is 93.0 Å². The normalized spacial score (nSPS) is 17.9. The van der Waals surface area contributed by atoms with Crippen molar-refractivity contribution in [2.75, 3.05) is 11.0 Å². The first-order valence-electron chi connectivity index (χ1n) is 16.0. The summed E-state index contributed by atoms with van der Waals surface area (Å²) in [5, 5.41) is 8.26. The molecule has 19 heteroatoms. The van der Waals surface area contributed by atoms with Crippen molar-refractivity contribution < 1.29 is 44.3 Å². The van der Waals surface area contributed by atoms with E-state index >= 15 is 8.78 Å². The Hall–Kier alpha value is -4.97. The van der Waals surface area contributed by atoms with Crippen LogP contribution in [0.25, 0.3) is 22.0 Å². The zero-order chi connectivity index (χ0) is 38.3. The minimum Gasteiger partial charge on any atom is -0.366 e. The Morgan fingerprint density at radius 2 is 1.77 bits per heavy atom. The summed E-state index contributed by atoms with van der Waals surface area (Å²) in [5.41, 5.74) is 4.60. The van der Waals surface area contributed by atoms with Crippen LogP contribution in [0.4, 0.5) is 32.2 Å². The standard InChI is InChI=1S/C34H28ClF6N7O4S/c1-47-29-20(3-4-24(35)26(29)33(45-47)46-53(2,51)52)21-9-16(32(42)50)12-43-27(21)15(5-14-6-17(36)10-18(37)7-14)8-19(49)13-48-30-25(28(44-48)31(38)39)22-11-23(22)34(30,40)41/h3-4,6-7,9-10,12,15,22-23,31H,5,8,11,13H2,1-2H3,(H2,42,50)(H,45,46)/t15-,22+,23-/m1/s1. The largest absolute Gasteiger partial charge is 0.366 e. The van der Waals surface area contributed by atoms with E-state index in [4.69, 9.17) is 17.3 Å². The summed E-state index contributed by atoms with van der Waals surface area (Å²) in [6, 6.07) is 7.02. The molecule has 278 valence electrons. The highest BCUT2D eigenvalue weighted by atomic mass is 35.5. The van der Waals surface area contributed by atoms with Crippen molar-refractivity contribution >= 4 is 50.0 Å². The van der Waals surface area contributed by atoms with Crippen LogP contribution in [0.5, 0.6) is 0 Å². The number of hydrogen-bond acceptors (Lipinski definition) is 7. The maximum atomic E-state index is 15.3. The van der Waals surface area contributed by atoms with Crippen LogP contribution in [-0.2, 0) is 40.8 Å². The molecule has 0 bridgehead atoms. The first kappa shape index (κ1) is 36.4. The highest BCUT2D eigenvalue weighted by Gasteiger charge is 2.67. The molecule has 1 amide bonds. The van der Waals surface area contributed by atoms with Gasteiger partial charge in [-0.3, -0.25) is 28.7 Å². The van der Waals surface area contributed by atoms with E-state index in [1.54, 1.807) is 0 Å². The second-order valence-corrected chi connectivity index (χ2v) is 15.4. The first-order chi connectivity index (χ1) is 24.8. The molecule has 11 nitrogen and oxygen atoms in total. The maximum absolute atomic E-state index is 15.3. The summed E-state index contributed by atoms with van der Waals surface area (Å²) in [5.74, 6) is -10.1. The summed E-state index contributed by atoms with van der Waals surface area (Å²) in [6.07, 6.45) is -1.86. The number of sulfonamides is 1. The van der Waals surface area contributed by atoms with Crippen LogP contribution in [0.2, 0.25) is 5.02 Å². The number of primary amides is 1. The number of halogens is 7. The molecule has 1 saturated carbocycles. The molecule has 3 N–H and O–H groups in total. The van der Waals surface area contributed by atoms with Crippen molar-refractivity contribution in [2.45, 2.75) is 50.0 Å². The highest BCUT2D eigenvalue weighted by molar-refractivity contribution is 7.92. The number of amides is 1. The van der Waals surface area contributed by atoms with E-state index in [2.05, 4.69) is 19.9 Å². The number of fused-ring (bicyclic) bond motifs is 4. The Bertz CT molecular complexity index is 2450. The molecule has 0 spiro atoms. The lowest BCUT2D eigenvalue weighted by Crippen LogP contribution is -2.24. The van der Waals surface area contributed by atoms with Gasteiger partial charge in [0.05, 0.1) is 33.4 Å². The van der Waals surface area contributed by atoms with E-state index in [1.807, 2.05) is 0 Å². The van der Waals surface area contributed by atoms with Crippen LogP contribution in [-0.4, -0.2) is 50.9 Å². The molecule has 3 aromatic heterocycles. The van der Waals surface area contributed by atoms with Gasteiger partial charge in [0.1, 0.15) is 29.6 Å². The van der Waals surface area contributed by atoms with Gasteiger partial charge in [0.25, 0.3) is 12.3 Å². The van der Waals surface area contributed by atoms with Crippen LogP contribution in [0, 0.1) is 17.6 Å². The van der Waals surface area contributed by atoms with Gasteiger partial charge in [-0.2, -0.15) is 19.0 Å². The maximum Gasteiger partial charge on any atom is 0.293 e. The Labute approximate surface area is 302 Å². The predicted octanol–water partition coefficient (Wildman–Crippen LogP) is 6.37. The lowest BCUT2D eigenvalue weighted by atomic mass is 9.86. The molecule has 0 aliphatic heterocycles. The summed E-state index contributed by atoms with van der Waals surface area (Å²) in [6.45, 7) is -0.819. The Morgan fingerprint density at radius 1 is 1.08 bits per heavy atom. The van der Waals surface area contributed by atoms with E-state index in [9.17, 15) is 35.6 Å². The predicted molar refractivity (Wildman–Crippen MR) is 180 cm³/mol. The number of ketones is 1. The molecule has 5 aromatic rings. The summed E-state index contributed by atoms with van der Waals surface area (Å²) in [7, 11) is -2.34. The molecule has 0 unspecified atom stereocenters. The van der Waals surface area contributed by atoms with Gasteiger partial charge in [-0.05, 0) is 48.6 Å². The molecule has 2 aromatic carbocycles. The SMILES string of the molecule is Cn1nc(NS(C)(=O)=O)c2c(Cl)ccc(-c3cc(C(N)=O)cnc3[C@@H](CC(=O)Cn3nc(C(F)F)c4c3C(F)(F)[C@@H]3C[C@H]43)Cc3cc(F)cc(F)c3)c21. The number of Topliss-reactive ketones (excluding diaryl/α,β-unsaturated/α-hetero) is 1. The quantitative estimate of drug-likeness (QED) is 0.140. The number of pyridine rings is 1. The van der Waals surface area contributed by atoms with Crippen LogP contribution in [0.3, 0.4) is 0 Å². The lowest BCUT2D eigenvalue weighted by molar-refractivity contribution is -0.120. The number of nitrogens with zero attached hydrogens (tertiary/aromatic N) is 5. The lowest BCUT2D eigenvalue weighted by Gasteiger charge is -2.21. The van der Waals surface area contributed by atoms with Gasteiger partial charge in [0.15, 0.2) is 11.6 Å². The Morgan fingerprint density at radius 3 is 2.42 bits per heavy atom. The Balaban J connectivity index is 1.36. The minimum absolute atomic E-state index is 0.0296. The average Bonchev–Trinajstić information content (AvgIpc) is 3.59. The number of benzene rings is 2. The molecular weight excluding hydrogens is 752 g/mol. The number of aryl methyl sites for hydroxylation is 1. The van der Waals surface area contributed by atoms with Crippen LogP contribution < -0.4 is 10.5 Å². The molecule has 1 fully saturated rings. The number of aromatic nitrogens is 5. The van der Waals surface area contributed by atoms with Crippen molar-refractivity contribution in [1.29, 1.82) is 0 Å². The fraction of sp³-hybridized carbons (Fsp3) is 0.324. The average molecular weight is 780 g/mol. The number of alkyl halides is 4. The highest BCUT2D eigenvalue weighted by Crippen LogP contribution is 2.68. The van der Waals surface area contributed by atoms with Crippen LogP contribution in [0.1, 0.15) is 69.7 Å². The van der Waals surface area contributed by atoms with E-state index < -0.39 is 87.8 Å². The number of nitrogens with two attached hydrogens (primary N) is 1. The van der Waals surface area contributed by atoms with Crippen LogP contribution >= 0.6 is 11.6 Å². The molecule has 53 heavy (non-hydrogen) atoms. The summed E-state index contributed by atoms with van der Waals surface area (Å²) in [4.78, 5) is 30.7. The van der Waals surface area contributed by atoms with E-state index in [-0.39, 0.29) is 68.1 Å². The van der Waals surface area contributed by atoms with Gasteiger partial charge in [-0.15, -0.1) is 0 Å². The van der Waals surface area contributed by atoms with Gasteiger partial charge in [-0.1, -0.05) is 17.7 Å². The van der Waals surface area contributed by atoms with Gasteiger partial charge < -0.3 is 5.73 Å². The van der Waals surface area contributed by atoms with E-state index in [0.717, 1.165) is 24.6 Å². The van der Waals surface area contributed by atoms with Crippen molar-refractivity contribution in [3.8, 4) is 11.1 Å². The molecule has 0 radical (unpaired) electrons. The molecule has 0 saturated heterocycles. The third-order valence-corrected chi connectivity index (χ3v) is 10.4. The Kier molecular flexibility index (Phi) is 8.83. The van der Waals surface area contributed by atoms with Crippen molar-refractivity contribution in [1.82, 2.24) is 24.5 Å². The molecule has 3 atom stereocenters. The van der Waals surface area contributed by atoms with Crippen LogP contribution in [0.15, 0.2) is 42.6 Å². The molecule has 2 aliphatic carbocycles. The van der Waals surface area contributed by atoms with Gasteiger partial charge >= 0.3 is 0 Å². The molecule has 2 aliphatic rings. The van der Waals surface area contributed by atoms with Gasteiger partial charge in [0.2, 0.25) is 15.9 Å². The molecule has 7 rings (SSSR count). The van der Waals surface area contributed by atoms with Crippen molar-refractivity contribution in [3.63, 3.8) is 0 Å². The number of rotatable bonds is 12. The van der Waals surface area contributed by atoms with Crippen molar-refractivity contribution in [2.24, 2.45) is 18.7 Å². The van der Waals surface area contributed by atoms with Gasteiger partial charge in [-0.25, -0.2) is 26.0 Å². The van der Waals surface area contributed by atoms with E-state index in [0.29, 0.717) is 10.7 Å². The summed E-state index contributed by atoms with van der Waals surface area (Å²) < 4.78 is 116. The van der Waals surface area contributed by atoms with Gasteiger partial charge in [0, 0.05) is 54.3 Å². The number of nitrogens with one attached hydrogen (secondary N) is 1. The fourth-order valence-electron chi connectivity index (χ4n) is 7.36. The number of anilines is 1. The fourth-order valence-corrected chi connectivity index (χ4v) is 8.09. The van der Waals surface area contributed by atoms with E-state index in [1.165, 1.54) is 29.9 Å². The number of carbonyl (C=O) groups excluding carboxylic acids is 2. The zero-order valence-electron chi connectivity index (χ0n) is 27.7. The molecule has 3 heterocycles. The smallest absolute Gasteiger partial charge is 0.293 e. The third-order valence-electron chi connectivity index (χ3n) is 9.47. The molecular formula is C34H28ClF6N7O4S. The topological polar surface area (TPSA) is 155 Å².